The Hall–Kier alpha value is -1.00. The van der Waals surface area contributed by atoms with Gasteiger partial charge in [-0.05, 0) is 37.8 Å². The summed E-state index contributed by atoms with van der Waals surface area (Å²) in [5.74, 6) is 1.56. The molecule has 1 fully saturated rings. The van der Waals surface area contributed by atoms with E-state index in [4.69, 9.17) is 5.73 Å². The number of amides is 1. The molecule has 0 aliphatic heterocycles. The molecule has 1 amide bonds. The summed E-state index contributed by atoms with van der Waals surface area (Å²) in [6.07, 6.45) is 3.00. The SMILES string of the molecule is Cc1ccc(SCCC(=O)NCC(N)C2CC2)cc1. The van der Waals surface area contributed by atoms with E-state index >= 15 is 0 Å². The molecule has 2 rings (SSSR count). The molecule has 0 spiro atoms. The van der Waals surface area contributed by atoms with Crippen molar-refractivity contribution in [3.05, 3.63) is 29.8 Å². The Morgan fingerprint density at radius 2 is 2.11 bits per heavy atom. The van der Waals surface area contributed by atoms with Crippen LogP contribution in [0.4, 0.5) is 0 Å². The molecular formula is C15H22N2OS. The lowest BCUT2D eigenvalue weighted by molar-refractivity contribution is -0.120. The quantitative estimate of drug-likeness (QED) is 0.753. The lowest BCUT2D eigenvalue weighted by Crippen LogP contribution is -2.38. The lowest BCUT2D eigenvalue weighted by atomic mass is 10.2. The maximum Gasteiger partial charge on any atom is 0.220 e. The van der Waals surface area contributed by atoms with Crippen molar-refractivity contribution in [2.75, 3.05) is 12.3 Å². The Kier molecular flexibility index (Phi) is 5.28. The predicted molar refractivity (Wildman–Crippen MR) is 80.2 cm³/mol. The van der Waals surface area contributed by atoms with Crippen LogP contribution in [0.25, 0.3) is 0 Å². The Morgan fingerprint density at radius 3 is 2.74 bits per heavy atom. The van der Waals surface area contributed by atoms with Crippen LogP contribution in [-0.4, -0.2) is 24.2 Å². The summed E-state index contributed by atoms with van der Waals surface area (Å²) in [4.78, 5) is 12.9. The van der Waals surface area contributed by atoms with Crippen LogP contribution in [0.2, 0.25) is 0 Å². The van der Waals surface area contributed by atoms with Gasteiger partial charge in [0, 0.05) is 29.7 Å². The number of benzene rings is 1. The molecule has 1 aliphatic carbocycles. The molecular weight excluding hydrogens is 256 g/mol. The smallest absolute Gasteiger partial charge is 0.220 e. The van der Waals surface area contributed by atoms with Gasteiger partial charge in [0.2, 0.25) is 5.91 Å². The second-order valence-electron chi connectivity index (χ2n) is 5.22. The highest BCUT2D eigenvalue weighted by molar-refractivity contribution is 7.99. The van der Waals surface area contributed by atoms with Crippen molar-refractivity contribution in [3.8, 4) is 0 Å². The predicted octanol–water partition coefficient (Wildman–Crippen LogP) is 2.33. The molecule has 1 aliphatic rings. The average Bonchev–Trinajstić information content (AvgIpc) is 3.23. The lowest BCUT2D eigenvalue weighted by Gasteiger charge is -2.11. The van der Waals surface area contributed by atoms with E-state index in [9.17, 15) is 4.79 Å². The molecule has 3 nitrogen and oxygen atoms in total. The van der Waals surface area contributed by atoms with Gasteiger partial charge >= 0.3 is 0 Å². The molecule has 19 heavy (non-hydrogen) atoms. The van der Waals surface area contributed by atoms with E-state index in [-0.39, 0.29) is 11.9 Å². The number of nitrogens with two attached hydrogens (primary N) is 1. The highest BCUT2D eigenvalue weighted by atomic mass is 32.2. The third kappa shape index (κ3) is 5.25. The first-order valence-electron chi connectivity index (χ1n) is 6.87. The number of thioether (sulfide) groups is 1. The number of carbonyl (C=O) groups is 1. The third-order valence-corrected chi connectivity index (χ3v) is 4.40. The molecule has 1 unspecified atom stereocenters. The maximum atomic E-state index is 11.7. The average molecular weight is 278 g/mol. The van der Waals surface area contributed by atoms with Gasteiger partial charge in [0.25, 0.3) is 0 Å². The molecule has 0 aromatic heterocycles. The van der Waals surface area contributed by atoms with Crippen LogP contribution in [0.3, 0.4) is 0 Å². The fourth-order valence-electron chi connectivity index (χ4n) is 1.91. The van der Waals surface area contributed by atoms with Crippen molar-refractivity contribution in [2.45, 2.75) is 37.1 Å². The molecule has 4 heteroatoms. The molecule has 1 saturated carbocycles. The second kappa shape index (κ2) is 6.96. The van der Waals surface area contributed by atoms with E-state index in [1.54, 1.807) is 11.8 Å². The van der Waals surface area contributed by atoms with Crippen LogP contribution in [0.15, 0.2) is 29.2 Å². The summed E-state index contributed by atoms with van der Waals surface area (Å²) in [6.45, 7) is 2.70. The molecule has 0 radical (unpaired) electrons. The van der Waals surface area contributed by atoms with Gasteiger partial charge in [-0.15, -0.1) is 11.8 Å². The van der Waals surface area contributed by atoms with E-state index in [2.05, 4.69) is 36.5 Å². The van der Waals surface area contributed by atoms with Crippen molar-refractivity contribution < 1.29 is 4.79 Å². The molecule has 1 aromatic rings. The zero-order valence-electron chi connectivity index (χ0n) is 11.4. The van der Waals surface area contributed by atoms with Gasteiger partial charge in [-0.25, -0.2) is 0 Å². The van der Waals surface area contributed by atoms with Crippen LogP contribution in [0, 0.1) is 12.8 Å². The van der Waals surface area contributed by atoms with E-state index in [1.165, 1.54) is 23.3 Å². The number of hydrogen-bond acceptors (Lipinski definition) is 3. The maximum absolute atomic E-state index is 11.7. The van der Waals surface area contributed by atoms with Gasteiger partial charge in [-0.3, -0.25) is 4.79 Å². The normalized spacial score (nSPS) is 16.1. The van der Waals surface area contributed by atoms with Crippen molar-refractivity contribution in [2.24, 2.45) is 11.7 Å². The van der Waals surface area contributed by atoms with E-state index in [1.807, 2.05) is 0 Å². The fraction of sp³-hybridized carbons (Fsp3) is 0.533. The minimum Gasteiger partial charge on any atom is -0.355 e. The zero-order valence-corrected chi connectivity index (χ0v) is 12.2. The van der Waals surface area contributed by atoms with Gasteiger partial charge in [0.1, 0.15) is 0 Å². The van der Waals surface area contributed by atoms with Crippen LogP contribution in [0.1, 0.15) is 24.8 Å². The minimum absolute atomic E-state index is 0.107. The van der Waals surface area contributed by atoms with E-state index in [0.29, 0.717) is 18.9 Å². The molecule has 104 valence electrons. The largest absolute Gasteiger partial charge is 0.355 e. The van der Waals surface area contributed by atoms with Crippen LogP contribution in [-0.2, 0) is 4.79 Å². The highest BCUT2D eigenvalue weighted by Crippen LogP contribution is 2.31. The molecule has 0 heterocycles. The first kappa shape index (κ1) is 14.4. The van der Waals surface area contributed by atoms with Crippen LogP contribution < -0.4 is 11.1 Å². The number of rotatable bonds is 7. The topological polar surface area (TPSA) is 55.1 Å². The number of carbonyl (C=O) groups excluding carboxylic acids is 1. The fourth-order valence-corrected chi connectivity index (χ4v) is 2.76. The Bertz CT molecular complexity index is 415. The monoisotopic (exact) mass is 278 g/mol. The summed E-state index contributed by atoms with van der Waals surface area (Å²) in [7, 11) is 0. The molecule has 1 aromatic carbocycles. The van der Waals surface area contributed by atoms with Crippen molar-refractivity contribution >= 4 is 17.7 Å². The van der Waals surface area contributed by atoms with Crippen molar-refractivity contribution in [1.29, 1.82) is 0 Å². The Balaban J connectivity index is 1.59. The Labute approximate surface area is 119 Å². The third-order valence-electron chi connectivity index (χ3n) is 3.38. The van der Waals surface area contributed by atoms with E-state index in [0.717, 1.165) is 5.75 Å². The van der Waals surface area contributed by atoms with Crippen LogP contribution >= 0.6 is 11.8 Å². The molecule has 3 N–H and O–H groups in total. The van der Waals surface area contributed by atoms with Gasteiger partial charge in [0.05, 0.1) is 0 Å². The van der Waals surface area contributed by atoms with Crippen molar-refractivity contribution in [3.63, 3.8) is 0 Å². The molecule has 1 atom stereocenters. The summed E-state index contributed by atoms with van der Waals surface area (Å²) in [6, 6.07) is 8.53. The summed E-state index contributed by atoms with van der Waals surface area (Å²) in [5.41, 5.74) is 7.20. The number of hydrogen-bond donors (Lipinski definition) is 2. The van der Waals surface area contributed by atoms with Crippen LogP contribution in [0.5, 0.6) is 0 Å². The first-order valence-corrected chi connectivity index (χ1v) is 7.85. The minimum atomic E-state index is 0.107. The first-order chi connectivity index (χ1) is 9.15. The zero-order chi connectivity index (χ0) is 13.7. The summed E-state index contributed by atoms with van der Waals surface area (Å²) < 4.78 is 0. The number of aryl methyl sites for hydroxylation is 1. The summed E-state index contributed by atoms with van der Waals surface area (Å²) in [5, 5.41) is 2.92. The summed E-state index contributed by atoms with van der Waals surface area (Å²) >= 11 is 1.72. The van der Waals surface area contributed by atoms with Gasteiger partial charge < -0.3 is 11.1 Å². The van der Waals surface area contributed by atoms with Crippen molar-refractivity contribution in [1.82, 2.24) is 5.32 Å². The van der Waals surface area contributed by atoms with E-state index < -0.39 is 0 Å². The standard InChI is InChI=1S/C15H22N2OS/c1-11-2-6-13(7-3-11)19-9-8-15(18)17-10-14(16)12-4-5-12/h2-3,6-7,12,14H,4-5,8-10,16H2,1H3,(H,17,18). The Morgan fingerprint density at radius 1 is 1.42 bits per heavy atom. The van der Waals surface area contributed by atoms with Gasteiger partial charge in [-0.1, -0.05) is 17.7 Å². The second-order valence-corrected chi connectivity index (χ2v) is 6.39. The molecule has 0 saturated heterocycles. The molecule has 0 bridgehead atoms. The van der Waals surface area contributed by atoms with Gasteiger partial charge in [0.15, 0.2) is 0 Å². The number of nitrogens with one attached hydrogen (secondary N) is 1. The van der Waals surface area contributed by atoms with Gasteiger partial charge in [-0.2, -0.15) is 0 Å². The highest BCUT2D eigenvalue weighted by Gasteiger charge is 2.28.